The van der Waals surface area contributed by atoms with Gasteiger partial charge in [-0.2, -0.15) is 11.3 Å². The molecule has 0 aliphatic heterocycles. The molecule has 0 aliphatic rings. The van der Waals surface area contributed by atoms with E-state index in [2.05, 4.69) is 54.8 Å². The van der Waals surface area contributed by atoms with Crippen molar-refractivity contribution >= 4 is 40.1 Å². The first-order valence-electron chi connectivity index (χ1n) is 10.8. The maximum absolute atomic E-state index is 5.97. The van der Waals surface area contributed by atoms with Crippen LogP contribution in [0.1, 0.15) is 19.4 Å². The van der Waals surface area contributed by atoms with E-state index < -0.39 is 0 Å². The van der Waals surface area contributed by atoms with Gasteiger partial charge in [-0.3, -0.25) is 0 Å². The summed E-state index contributed by atoms with van der Waals surface area (Å²) >= 11 is 7.23. The Hall–Kier alpha value is -2.61. The lowest BCUT2D eigenvalue weighted by atomic mass is 9.85. The van der Waals surface area contributed by atoms with Crippen LogP contribution in [-0.2, 0) is 10.2 Å². The number of hydrogen-bond acceptors (Lipinski definition) is 6. The number of benzene rings is 2. The van der Waals surface area contributed by atoms with Gasteiger partial charge in [0.1, 0.15) is 18.1 Å². The second kappa shape index (κ2) is 11.5. The van der Waals surface area contributed by atoms with E-state index in [-0.39, 0.29) is 5.41 Å². The first-order valence-corrected chi connectivity index (χ1v) is 12.2. The summed E-state index contributed by atoms with van der Waals surface area (Å²) in [5.41, 5.74) is 3.23. The van der Waals surface area contributed by atoms with Gasteiger partial charge < -0.3 is 24.0 Å². The zero-order valence-corrected chi connectivity index (χ0v) is 21.5. The van der Waals surface area contributed by atoms with Crippen LogP contribution in [0.5, 0.6) is 11.5 Å². The van der Waals surface area contributed by atoms with Crippen molar-refractivity contribution in [2.24, 2.45) is 0 Å². The van der Waals surface area contributed by atoms with Crippen molar-refractivity contribution in [1.82, 2.24) is 0 Å². The molecule has 0 amide bonds. The average Bonchev–Trinajstić information content (AvgIpc) is 3.34. The zero-order valence-electron chi connectivity index (χ0n) is 19.9. The van der Waals surface area contributed by atoms with Crippen molar-refractivity contribution in [2.75, 3.05) is 50.8 Å². The van der Waals surface area contributed by atoms with E-state index in [1.807, 2.05) is 48.3 Å². The Morgan fingerprint density at radius 3 is 2.42 bits per heavy atom. The van der Waals surface area contributed by atoms with Crippen LogP contribution in [0.2, 0.25) is 0 Å². The lowest BCUT2D eigenvalue weighted by Crippen LogP contribution is -2.29. The molecule has 0 bridgehead atoms. The van der Waals surface area contributed by atoms with Crippen molar-refractivity contribution in [3.8, 4) is 11.5 Å². The van der Waals surface area contributed by atoms with Crippen molar-refractivity contribution in [3.63, 3.8) is 0 Å². The van der Waals surface area contributed by atoms with Crippen LogP contribution in [0.4, 0.5) is 11.4 Å². The molecule has 1 aromatic heterocycles. The van der Waals surface area contributed by atoms with Crippen molar-refractivity contribution in [2.45, 2.75) is 19.3 Å². The molecule has 0 radical (unpaired) electrons. The molecule has 2 aromatic carbocycles. The third-order valence-electron chi connectivity index (χ3n) is 5.47. The minimum atomic E-state index is -0.0659. The number of rotatable bonds is 10. The Morgan fingerprint density at radius 1 is 1.00 bits per heavy atom. The smallest absolute Gasteiger partial charge is 0.269 e. The van der Waals surface area contributed by atoms with Gasteiger partial charge in [0.15, 0.2) is 0 Å². The monoisotopic (exact) mass is 484 g/mol. The van der Waals surface area contributed by atoms with Crippen molar-refractivity contribution in [1.29, 1.82) is 0 Å². The van der Waals surface area contributed by atoms with Gasteiger partial charge in [-0.1, -0.05) is 32.0 Å². The Balaban J connectivity index is 1.55. The summed E-state index contributed by atoms with van der Waals surface area (Å²) in [6, 6.07) is 18.0. The first-order chi connectivity index (χ1) is 15.8. The van der Waals surface area contributed by atoms with Gasteiger partial charge >= 0.3 is 0 Å². The third kappa shape index (κ3) is 6.93. The highest BCUT2D eigenvalue weighted by Crippen LogP contribution is 2.26. The van der Waals surface area contributed by atoms with E-state index in [0.717, 1.165) is 18.0 Å². The summed E-state index contributed by atoms with van der Waals surface area (Å²) in [5.74, 6) is 1.50. The predicted molar refractivity (Wildman–Crippen MR) is 142 cm³/mol. The van der Waals surface area contributed by atoms with Gasteiger partial charge in [-0.15, -0.1) is 0 Å². The predicted octanol–water partition coefficient (Wildman–Crippen LogP) is 5.99. The normalized spacial score (nSPS) is 11.2. The lowest BCUT2D eigenvalue weighted by Gasteiger charge is -2.25. The second-order valence-corrected chi connectivity index (χ2v) is 9.65. The molecule has 0 saturated heterocycles. The minimum absolute atomic E-state index is 0.0659. The average molecular weight is 485 g/mol. The summed E-state index contributed by atoms with van der Waals surface area (Å²) in [7, 11) is 5.68. The van der Waals surface area contributed by atoms with E-state index in [9.17, 15) is 0 Å². The zero-order chi connectivity index (χ0) is 23.8. The number of hydrogen-bond donors (Lipinski definition) is 0. The van der Waals surface area contributed by atoms with Gasteiger partial charge in [0.2, 0.25) is 0 Å². The highest BCUT2D eigenvalue weighted by molar-refractivity contribution is 7.80. The van der Waals surface area contributed by atoms with E-state index >= 15 is 0 Å². The molecular weight excluding hydrogens is 452 g/mol. The van der Waals surface area contributed by atoms with E-state index in [1.54, 1.807) is 18.4 Å². The van der Waals surface area contributed by atoms with Crippen molar-refractivity contribution in [3.05, 3.63) is 70.9 Å². The molecule has 0 fully saturated rings. The number of anilines is 2. The number of thiocarbonyl (C=S) groups is 1. The van der Waals surface area contributed by atoms with Crippen LogP contribution >= 0.6 is 23.6 Å². The van der Waals surface area contributed by atoms with Crippen LogP contribution in [0.15, 0.2) is 65.4 Å². The summed E-state index contributed by atoms with van der Waals surface area (Å²) in [6.07, 6.45) is 0. The lowest BCUT2D eigenvalue weighted by molar-refractivity contribution is 0.146. The quantitative estimate of drug-likeness (QED) is 0.329. The molecule has 0 saturated carbocycles. The Labute approximate surface area is 206 Å². The molecule has 3 rings (SSSR count). The molecule has 7 heteroatoms. The molecule has 0 spiro atoms. The second-order valence-electron chi connectivity index (χ2n) is 8.52. The first kappa shape index (κ1) is 25.0. The fraction of sp³-hybridized carbons (Fsp3) is 0.346. The van der Waals surface area contributed by atoms with Crippen LogP contribution in [0, 0.1) is 0 Å². The molecular formula is C26H32N2O3S2. The molecule has 3 aromatic rings. The van der Waals surface area contributed by atoms with Gasteiger partial charge in [0.05, 0.1) is 13.2 Å². The molecule has 5 nitrogen and oxygen atoms in total. The van der Waals surface area contributed by atoms with E-state index in [1.165, 1.54) is 11.3 Å². The van der Waals surface area contributed by atoms with Crippen LogP contribution < -0.4 is 19.3 Å². The maximum Gasteiger partial charge on any atom is 0.269 e. The molecule has 33 heavy (non-hydrogen) atoms. The van der Waals surface area contributed by atoms with Crippen LogP contribution in [0.25, 0.3) is 0 Å². The summed E-state index contributed by atoms with van der Waals surface area (Å²) in [6.45, 7) is 6.35. The van der Waals surface area contributed by atoms with Crippen molar-refractivity contribution < 1.29 is 14.2 Å². The largest absolute Gasteiger partial charge is 0.492 e. The van der Waals surface area contributed by atoms with Crippen LogP contribution in [-0.4, -0.2) is 46.1 Å². The maximum atomic E-state index is 5.97. The summed E-state index contributed by atoms with van der Waals surface area (Å²) in [5, 5.41) is 4.58. The Bertz CT molecular complexity index is 1020. The Kier molecular flexibility index (Phi) is 8.72. The topological polar surface area (TPSA) is 34.2 Å². The fourth-order valence-corrected chi connectivity index (χ4v) is 4.28. The standard InChI is InChI=1S/C26H32N2O3S2/c1-26(2,19-29-5)20-9-11-23(12-10-20)31-25(32)28(4)21-7-6-8-24(17-21)30-15-14-27(3)22-13-16-33-18-22/h6-13,16-18H,14-15,19H2,1-5H3. The number of nitrogens with zero attached hydrogens (tertiary/aromatic N) is 2. The highest BCUT2D eigenvalue weighted by Gasteiger charge is 2.20. The van der Waals surface area contributed by atoms with Gasteiger partial charge in [-0.05, 0) is 53.5 Å². The van der Waals surface area contributed by atoms with Crippen LogP contribution in [0.3, 0.4) is 0 Å². The van der Waals surface area contributed by atoms with E-state index in [0.29, 0.717) is 24.1 Å². The highest BCUT2D eigenvalue weighted by atomic mass is 32.1. The summed E-state index contributed by atoms with van der Waals surface area (Å²) < 4.78 is 17.2. The number of methoxy groups -OCH3 is 1. The Morgan fingerprint density at radius 2 is 1.76 bits per heavy atom. The molecule has 0 unspecified atom stereocenters. The SMILES string of the molecule is COCC(C)(C)c1ccc(OC(=S)N(C)c2cccc(OCCN(C)c3ccsc3)c2)cc1. The van der Waals surface area contributed by atoms with E-state index in [4.69, 9.17) is 26.4 Å². The number of ether oxygens (including phenoxy) is 3. The van der Waals surface area contributed by atoms with Gasteiger partial charge in [0.25, 0.3) is 5.17 Å². The van der Waals surface area contributed by atoms with Gasteiger partial charge in [-0.25, -0.2) is 0 Å². The van der Waals surface area contributed by atoms with Gasteiger partial charge in [0, 0.05) is 49.4 Å². The molecule has 0 aliphatic carbocycles. The minimum Gasteiger partial charge on any atom is -0.492 e. The molecule has 0 N–H and O–H groups in total. The molecule has 176 valence electrons. The molecule has 1 heterocycles. The molecule has 0 atom stereocenters. The number of thiophene rings is 1. The fourth-order valence-electron chi connectivity index (χ4n) is 3.38. The third-order valence-corrected chi connectivity index (χ3v) is 6.50. The number of likely N-dealkylation sites (N-methyl/N-ethyl adjacent to an activating group) is 1. The summed E-state index contributed by atoms with van der Waals surface area (Å²) in [4.78, 5) is 4.01.